The smallest absolute Gasteiger partial charge is 0.125 e. The van der Waals surface area contributed by atoms with Gasteiger partial charge in [0.15, 0.2) is 0 Å². The lowest BCUT2D eigenvalue weighted by Gasteiger charge is -2.10. The van der Waals surface area contributed by atoms with E-state index in [1.54, 1.807) is 12.3 Å². The predicted molar refractivity (Wildman–Crippen MR) is 76.4 cm³/mol. The predicted octanol–water partition coefficient (Wildman–Crippen LogP) is 4.06. The molecule has 1 heterocycles. The van der Waals surface area contributed by atoms with Crippen LogP contribution in [0.1, 0.15) is 11.3 Å². The number of hydrogen-bond acceptors (Lipinski definition) is 3. The Labute approximate surface area is 111 Å². The van der Waals surface area contributed by atoms with Crippen LogP contribution in [0.2, 0.25) is 0 Å². The topological polar surface area (TPSA) is 45.4 Å². The van der Waals surface area contributed by atoms with Crippen LogP contribution in [0.4, 0.5) is 5.69 Å². The zero-order valence-corrected chi connectivity index (χ0v) is 10.7. The van der Waals surface area contributed by atoms with Crippen molar-refractivity contribution in [1.29, 1.82) is 0 Å². The highest BCUT2D eigenvalue weighted by Gasteiger charge is 2.05. The van der Waals surface area contributed by atoms with E-state index in [0.717, 1.165) is 27.8 Å². The van der Waals surface area contributed by atoms with Gasteiger partial charge in [-0.3, -0.25) is 0 Å². The van der Waals surface area contributed by atoms with Gasteiger partial charge in [0.05, 0.1) is 12.8 Å². The van der Waals surface area contributed by atoms with Crippen molar-refractivity contribution in [2.45, 2.75) is 13.5 Å². The number of hydrogen-bond donors (Lipinski definition) is 2. The second-order valence-corrected chi connectivity index (χ2v) is 4.56. The monoisotopic (exact) mass is 253 g/mol. The molecule has 1 aromatic heterocycles. The van der Waals surface area contributed by atoms with Gasteiger partial charge in [-0.1, -0.05) is 24.3 Å². The van der Waals surface area contributed by atoms with Gasteiger partial charge in [-0.05, 0) is 30.7 Å². The Morgan fingerprint density at radius 2 is 1.84 bits per heavy atom. The molecule has 0 unspecified atom stereocenters. The Morgan fingerprint density at radius 3 is 2.63 bits per heavy atom. The first-order valence-electron chi connectivity index (χ1n) is 6.23. The maximum absolute atomic E-state index is 9.85. The molecule has 0 fully saturated rings. The van der Waals surface area contributed by atoms with E-state index in [1.807, 2.05) is 43.3 Å². The summed E-state index contributed by atoms with van der Waals surface area (Å²) in [6.07, 6.45) is 1.70. The van der Waals surface area contributed by atoms with Gasteiger partial charge in [0.25, 0.3) is 0 Å². The molecule has 0 radical (unpaired) electrons. The molecule has 2 N–H and O–H groups in total. The van der Waals surface area contributed by atoms with Crippen molar-refractivity contribution >= 4 is 16.5 Å². The van der Waals surface area contributed by atoms with E-state index in [1.165, 1.54) is 0 Å². The average molecular weight is 253 g/mol. The number of nitrogens with one attached hydrogen (secondary N) is 1. The SMILES string of the molecule is Cc1ccoc1CNc1cccc2c(O)cccc12. The summed E-state index contributed by atoms with van der Waals surface area (Å²) in [6.45, 7) is 2.66. The van der Waals surface area contributed by atoms with E-state index in [-0.39, 0.29) is 0 Å². The molecule has 96 valence electrons. The highest BCUT2D eigenvalue weighted by atomic mass is 16.3. The minimum Gasteiger partial charge on any atom is -0.507 e. The van der Waals surface area contributed by atoms with Crippen LogP contribution >= 0.6 is 0 Å². The Balaban J connectivity index is 1.93. The van der Waals surface area contributed by atoms with E-state index < -0.39 is 0 Å². The number of anilines is 1. The number of phenolic OH excluding ortho intramolecular Hbond substituents is 1. The van der Waals surface area contributed by atoms with Crippen LogP contribution in [0.25, 0.3) is 10.8 Å². The molecule has 3 aromatic rings. The molecule has 3 heteroatoms. The summed E-state index contributed by atoms with van der Waals surface area (Å²) in [7, 11) is 0. The maximum atomic E-state index is 9.85. The van der Waals surface area contributed by atoms with Crippen LogP contribution in [0.3, 0.4) is 0 Å². The standard InChI is InChI=1S/C16H15NO2/c1-11-8-9-19-16(11)10-17-14-6-2-5-13-12(14)4-3-7-15(13)18/h2-9,17-18H,10H2,1H3. The van der Waals surface area contributed by atoms with Crippen molar-refractivity contribution in [3.63, 3.8) is 0 Å². The summed E-state index contributed by atoms with van der Waals surface area (Å²) in [5.74, 6) is 1.23. The van der Waals surface area contributed by atoms with Crippen LogP contribution in [-0.4, -0.2) is 5.11 Å². The summed E-state index contributed by atoms with van der Waals surface area (Å²) in [4.78, 5) is 0. The second-order valence-electron chi connectivity index (χ2n) is 4.56. The first kappa shape index (κ1) is 11.7. The van der Waals surface area contributed by atoms with Gasteiger partial charge < -0.3 is 14.8 Å². The molecule has 3 nitrogen and oxygen atoms in total. The molecule has 0 saturated heterocycles. The number of rotatable bonds is 3. The van der Waals surface area contributed by atoms with Gasteiger partial charge in [0.2, 0.25) is 0 Å². The molecule has 0 spiro atoms. The number of aromatic hydroxyl groups is 1. The van der Waals surface area contributed by atoms with E-state index >= 15 is 0 Å². The van der Waals surface area contributed by atoms with Gasteiger partial charge in [0, 0.05) is 16.5 Å². The van der Waals surface area contributed by atoms with E-state index in [2.05, 4.69) is 5.32 Å². The van der Waals surface area contributed by atoms with Crippen molar-refractivity contribution < 1.29 is 9.52 Å². The molecule has 3 rings (SSSR count). The van der Waals surface area contributed by atoms with Crippen molar-refractivity contribution in [2.24, 2.45) is 0 Å². The Kier molecular flexibility index (Phi) is 2.88. The molecule has 0 aliphatic heterocycles. The molecule has 0 bridgehead atoms. The molecule has 0 aliphatic rings. The van der Waals surface area contributed by atoms with Crippen molar-refractivity contribution in [3.05, 3.63) is 60.1 Å². The van der Waals surface area contributed by atoms with Crippen molar-refractivity contribution in [3.8, 4) is 5.75 Å². The Morgan fingerprint density at radius 1 is 1.05 bits per heavy atom. The highest BCUT2D eigenvalue weighted by Crippen LogP contribution is 2.30. The minimum absolute atomic E-state index is 0.301. The van der Waals surface area contributed by atoms with Gasteiger partial charge >= 0.3 is 0 Å². The average Bonchev–Trinajstić information content (AvgIpc) is 2.82. The van der Waals surface area contributed by atoms with Crippen molar-refractivity contribution in [1.82, 2.24) is 0 Å². The zero-order chi connectivity index (χ0) is 13.2. The summed E-state index contributed by atoms with van der Waals surface area (Å²) in [5.41, 5.74) is 2.12. The fourth-order valence-corrected chi connectivity index (χ4v) is 2.21. The van der Waals surface area contributed by atoms with Crippen LogP contribution in [0.5, 0.6) is 5.75 Å². The molecule has 0 saturated carbocycles. The molecular formula is C16H15NO2. The third kappa shape index (κ3) is 2.15. The lowest BCUT2D eigenvalue weighted by atomic mass is 10.1. The van der Waals surface area contributed by atoms with E-state index in [4.69, 9.17) is 4.42 Å². The molecule has 0 amide bonds. The molecular weight excluding hydrogens is 238 g/mol. The number of benzene rings is 2. The van der Waals surface area contributed by atoms with E-state index in [9.17, 15) is 5.11 Å². The first-order valence-corrected chi connectivity index (χ1v) is 6.23. The fraction of sp³-hybridized carbons (Fsp3) is 0.125. The summed E-state index contributed by atoms with van der Waals surface area (Å²) in [6, 6.07) is 13.3. The first-order chi connectivity index (χ1) is 9.25. The minimum atomic E-state index is 0.301. The fourth-order valence-electron chi connectivity index (χ4n) is 2.21. The van der Waals surface area contributed by atoms with Gasteiger partial charge in [0.1, 0.15) is 11.5 Å². The summed E-state index contributed by atoms with van der Waals surface area (Å²) >= 11 is 0. The molecule has 19 heavy (non-hydrogen) atoms. The third-order valence-electron chi connectivity index (χ3n) is 3.31. The van der Waals surface area contributed by atoms with Crippen LogP contribution in [0, 0.1) is 6.92 Å². The van der Waals surface area contributed by atoms with E-state index in [0.29, 0.717) is 12.3 Å². The summed E-state index contributed by atoms with van der Waals surface area (Å²) in [5, 5.41) is 15.1. The van der Waals surface area contributed by atoms with Crippen LogP contribution in [-0.2, 0) is 6.54 Å². The van der Waals surface area contributed by atoms with Crippen molar-refractivity contribution in [2.75, 3.05) is 5.32 Å². The maximum Gasteiger partial charge on any atom is 0.125 e. The van der Waals surface area contributed by atoms with Crippen LogP contribution in [0.15, 0.2) is 53.1 Å². The Hall–Kier alpha value is -2.42. The number of aryl methyl sites for hydroxylation is 1. The lowest BCUT2D eigenvalue weighted by molar-refractivity contribution is 0.481. The largest absolute Gasteiger partial charge is 0.507 e. The van der Waals surface area contributed by atoms with Crippen LogP contribution < -0.4 is 5.32 Å². The lowest BCUT2D eigenvalue weighted by Crippen LogP contribution is -2.00. The van der Waals surface area contributed by atoms with Gasteiger partial charge in [-0.25, -0.2) is 0 Å². The zero-order valence-electron chi connectivity index (χ0n) is 10.7. The van der Waals surface area contributed by atoms with Gasteiger partial charge in [-0.2, -0.15) is 0 Å². The summed E-state index contributed by atoms with van der Waals surface area (Å²) < 4.78 is 5.41. The second kappa shape index (κ2) is 4.69. The number of phenols is 1. The molecule has 2 aromatic carbocycles. The van der Waals surface area contributed by atoms with Gasteiger partial charge in [-0.15, -0.1) is 0 Å². The highest BCUT2D eigenvalue weighted by molar-refractivity contribution is 5.97. The number of fused-ring (bicyclic) bond motifs is 1. The Bertz CT molecular complexity index is 716. The number of furan rings is 1. The normalized spacial score (nSPS) is 10.8. The molecule has 0 atom stereocenters. The molecule has 0 aliphatic carbocycles. The quantitative estimate of drug-likeness (QED) is 0.740. The third-order valence-corrected chi connectivity index (χ3v) is 3.31.